The molecule has 2 amide bonds. The summed E-state index contributed by atoms with van der Waals surface area (Å²) >= 11 is 0. The number of carboxylic acids is 2. The Kier molecular flexibility index (Phi) is 40.0. The Morgan fingerprint density at radius 3 is 1.33 bits per heavy atom. The minimum atomic E-state index is -1.41. The number of likely N-dealkylation sites (tertiary alicyclic amines) is 2. The number of carbonyl (C=O) groups excluding carboxylic acids is 7. The van der Waals surface area contributed by atoms with Crippen molar-refractivity contribution in [3.63, 3.8) is 0 Å². The third kappa shape index (κ3) is 29.7. The molecule has 0 bridgehead atoms. The molecule has 2 fully saturated rings. The normalized spacial score (nSPS) is 15.7. The van der Waals surface area contributed by atoms with Gasteiger partial charge in [-0.2, -0.15) is 0 Å². The molecule has 0 spiro atoms. The van der Waals surface area contributed by atoms with E-state index in [1.165, 1.54) is 26.7 Å². The number of ketones is 1. The number of amides is 2. The second-order valence-electron chi connectivity index (χ2n) is 18.6. The molecule has 0 saturated carbocycles. The molecule has 2 aliphatic heterocycles. The smallest absolute Gasteiger partial charge is 1.00 e. The number of hydrogen-bond acceptors (Lipinski definition) is 16. The van der Waals surface area contributed by atoms with E-state index in [1.807, 2.05) is 13.8 Å². The van der Waals surface area contributed by atoms with Crippen molar-refractivity contribution >= 4 is 70.9 Å². The average Bonchev–Trinajstić information content (AvgIpc) is 4.19. The van der Waals surface area contributed by atoms with Gasteiger partial charge in [0.2, 0.25) is 0 Å². The van der Waals surface area contributed by atoms with Gasteiger partial charge >= 0.3 is 111 Å². The van der Waals surface area contributed by atoms with Crippen LogP contribution >= 0.6 is 0 Å². The Morgan fingerprint density at radius 2 is 1.01 bits per heavy atom. The van der Waals surface area contributed by atoms with Crippen LogP contribution in [0.4, 0.5) is 31.9 Å². The molecule has 4 atom stereocenters. The summed E-state index contributed by atoms with van der Waals surface area (Å²) in [6.07, 6.45) is 6.56. The van der Waals surface area contributed by atoms with Crippen LogP contribution in [0.3, 0.4) is 0 Å². The number of hydrogen-bond donors (Lipinski definition) is 1. The topological polar surface area (TPSA) is 268 Å². The number of Topliss-reactive ketones (excluding diaryl/α,β-unsaturated/α-hetero) is 1. The number of benzene rings is 2. The third-order valence-electron chi connectivity index (χ3n) is 10.4. The van der Waals surface area contributed by atoms with E-state index in [1.54, 1.807) is 80.2 Å². The molecule has 2 unspecified atom stereocenters. The summed E-state index contributed by atoms with van der Waals surface area (Å²) in [5.74, 6) is -8.23. The predicted molar refractivity (Wildman–Crippen MR) is 270 cm³/mol. The molecule has 2 aromatic carbocycles. The van der Waals surface area contributed by atoms with Crippen LogP contribution in [0.25, 0.3) is 0 Å². The standard InChI is InChI=1S/C20H25F2NO5.C16H19F2NO4.C7H6N4O.C5H8O4.C4H10O.2BrH.K.Mg/c1-5-27-18(25)10-17(24)16-8-12(14-9-13(21)6-7-15(14)22)11-23(16)19(26)28-20(2,3)4;1-16(2,3)23-15(22)19-8-9(6-13(19)14(20)21)11-7-10(17)4-5-12(11)18;12-7(10-3-1-8-5-10)11-4-2-9-6-11;1-2-9-5(8)3-4(6)7;1-3-5-4-2;;;;/h6-7,9,12,16H,5,8,10-11H2,1-4H3;4-5,7,9,13H,6,8H2,1-3H3,(H,20,21);1-6H;2-3H2,1H3,(H,6,7);3-4H2,1-2H3;2*1H;;/q;;;;;;;+1;+2/p-3/t12-,16?;9-,13?;;;;;;;/m11......./s1. The molecule has 0 radical (unpaired) electrons. The van der Waals surface area contributed by atoms with Gasteiger partial charge in [0.1, 0.15) is 59.6 Å². The van der Waals surface area contributed by atoms with Crippen LogP contribution in [0.5, 0.6) is 0 Å². The summed E-state index contributed by atoms with van der Waals surface area (Å²) in [6, 6.07) is 3.81. The molecule has 29 heteroatoms. The largest absolute Gasteiger partial charge is 2.00 e. The van der Waals surface area contributed by atoms with Crippen LogP contribution in [0.2, 0.25) is 0 Å². The minimum absolute atomic E-state index is 0. The van der Waals surface area contributed by atoms with E-state index in [2.05, 4.69) is 14.7 Å². The van der Waals surface area contributed by atoms with E-state index in [0.29, 0.717) is 0 Å². The van der Waals surface area contributed by atoms with Crippen LogP contribution < -0.4 is 90.5 Å². The summed E-state index contributed by atoms with van der Waals surface area (Å²) in [4.78, 5) is 102. The van der Waals surface area contributed by atoms with Gasteiger partial charge in [0.25, 0.3) is 0 Å². The third-order valence-corrected chi connectivity index (χ3v) is 10.4. The SMILES string of the molecule is CC(C)(C)OC(=O)N1C[C@H](c2cc(F)ccc2F)CC1C(=O)O.CCOC(=O)CC(=O)C1C[C@@H](c2cc(F)ccc2F)CN1C(=O)OC(C)(C)C.CCOC(=O)CC(=O)[O-].CCOCC.O=C(n1ccnc1)n1ccnc1.[Br-].[Br-].[K+].[Mg+2]. The molecule has 6 rings (SSSR count). The zero-order valence-corrected chi connectivity index (χ0v) is 54.8. The number of aromatic nitrogens is 4. The van der Waals surface area contributed by atoms with Crippen LogP contribution in [0, 0.1) is 23.3 Å². The molecule has 440 valence electrons. The number of esters is 2. The Hall–Kier alpha value is -4.34. The van der Waals surface area contributed by atoms with E-state index in [4.69, 9.17) is 18.9 Å². The fraction of sp³-hybridized carbons (Fsp3) is 0.500. The number of imidazole rings is 2. The maximum atomic E-state index is 14.2. The molecule has 21 nitrogen and oxygen atoms in total. The molecule has 81 heavy (non-hydrogen) atoms. The minimum Gasteiger partial charge on any atom is -1.00 e. The number of halogens is 6. The van der Waals surface area contributed by atoms with Gasteiger partial charge in [-0.25, -0.2) is 46.7 Å². The van der Waals surface area contributed by atoms with Gasteiger partial charge in [0.15, 0.2) is 5.78 Å². The molecule has 0 aliphatic carbocycles. The van der Waals surface area contributed by atoms with Crippen molar-refractivity contribution in [3.8, 4) is 0 Å². The van der Waals surface area contributed by atoms with E-state index in [0.717, 1.165) is 54.5 Å². The van der Waals surface area contributed by atoms with Crippen molar-refractivity contribution in [1.29, 1.82) is 0 Å². The van der Waals surface area contributed by atoms with E-state index in [-0.39, 0.29) is 165 Å². The fourth-order valence-electron chi connectivity index (χ4n) is 7.25. The summed E-state index contributed by atoms with van der Waals surface area (Å²) in [5.41, 5.74) is -1.42. The Morgan fingerprint density at radius 1 is 0.630 bits per heavy atom. The second-order valence-corrected chi connectivity index (χ2v) is 18.6. The first-order valence-corrected chi connectivity index (χ1v) is 24.3. The van der Waals surface area contributed by atoms with Gasteiger partial charge in [-0.05, 0) is 130 Å². The van der Waals surface area contributed by atoms with Crippen molar-refractivity contribution in [3.05, 3.63) is 108 Å². The van der Waals surface area contributed by atoms with Crippen LogP contribution in [-0.2, 0) is 47.7 Å². The zero-order valence-electron chi connectivity index (χ0n) is 47.1. The number of aliphatic carboxylic acids is 2. The van der Waals surface area contributed by atoms with Gasteiger partial charge < -0.3 is 72.7 Å². The Labute approximate surface area is 547 Å². The number of ether oxygens (including phenoxy) is 5. The van der Waals surface area contributed by atoms with Crippen LogP contribution in [0.1, 0.15) is 118 Å². The maximum absolute atomic E-state index is 14.2. The van der Waals surface area contributed by atoms with Gasteiger partial charge in [0.05, 0.1) is 31.6 Å². The van der Waals surface area contributed by atoms with Gasteiger partial charge in [-0.3, -0.25) is 33.3 Å². The number of carboxylic acid groups (broad SMARTS) is 2. The predicted octanol–water partition coefficient (Wildman–Crippen LogP) is -2.32. The van der Waals surface area contributed by atoms with Crippen molar-refractivity contribution in [1.82, 2.24) is 28.9 Å². The van der Waals surface area contributed by atoms with E-state index >= 15 is 0 Å². The summed E-state index contributed by atoms with van der Waals surface area (Å²) in [5, 5.41) is 19.0. The molecular weight excluding hydrogens is 1250 g/mol. The molecule has 2 saturated heterocycles. The number of nitrogens with zero attached hydrogens (tertiary/aromatic N) is 6. The first-order valence-electron chi connectivity index (χ1n) is 24.3. The first-order chi connectivity index (χ1) is 36.0. The molecule has 4 heterocycles. The fourth-order valence-corrected chi connectivity index (χ4v) is 7.25. The van der Waals surface area contributed by atoms with Gasteiger partial charge in [-0.15, -0.1) is 0 Å². The van der Waals surface area contributed by atoms with Crippen molar-refractivity contribution in [2.24, 2.45) is 0 Å². The zero-order chi connectivity index (χ0) is 58.2. The van der Waals surface area contributed by atoms with Crippen molar-refractivity contribution < 1.29 is 175 Å². The van der Waals surface area contributed by atoms with Gasteiger partial charge in [-0.1, -0.05) is 0 Å². The van der Waals surface area contributed by atoms with Crippen LogP contribution in [-0.4, -0.2) is 168 Å². The number of carbonyl (C=O) groups is 8. The van der Waals surface area contributed by atoms with E-state index in [9.17, 15) is 66.1 Å². The van der Waals surface area contributed by atoms with Gasteiger partial charge in [0, 0.05) is 62.9 Å². The molecule has 1 N–H and O–H groups in total. The maximum Gasteiger partial charge on any atom is 2.00 e. The molecule has 2 aliphatic rings. The molecular formula is C52H67Br2F4KMgN6O15. The molecule has 2 aromatic heterocycles. The summed E-state index contributed by atoms with van der Waals surface area (Å²) in [6.45, 7) is 19.2. The number of rotatable bonds is 12. The monoisotopic (exact) mass is 1310 g/mol. The first kappa shape index (κ1) is 80.9. The van der Waals surface area contributed by atoms with Crippen molar-refractivity contribution in [2.75, 3.05) is 39.5 Å². The average molecular weight is 1320 g/mol. The summed E-state index contributed by atoms with van der Waals surface area (Å²) in [7, 11) is 0. The second kappa shape index (κ2) is 40.0. The Balaban J connectivity index is -0.00000102. The van der Waals surface area contributed by atoms with Crippen molar-refractivity contribution in [2.45, 2.75) is 130 Å². The van der Waals surface area contributed by atoms with Crippen LogP contribution in [0.15, 0.2) is 73.8 Å². The quantitative estimate of drug-likeness (QED) is 0.0513. The van der Waals surface area contributed by atoms with E-state index < -0.39 is 113 Å². The molecule has 4 aromatic rings. The Bertz CT molecular complexity index is 2560. The summed E-state index contributed by atoms with van der Waals surface area (Å²) < 4.78 is 82.2.